The number of hydrogen-bond donors (Lipinski definition) is 3. The molecule has 8 heteroatoms. The SMILES string of the molecule is O=C(C=Cc1ccc2c(c1)OCO2)N[C@@H](CO)C(=O)N1CCc2c([nH]c3ccccc23)C1. The summed E-state index contributed by atoms with van der Waals surface area (Å²) in [6, 6.07) is 12.4. The molecule has 0 spiro atoms. The van der Waals surface area contributed by atoms with Crippen LogP contribution in [0.15, 0.2) is 48.5 Å². The van der Waals surface area contributed by atoms with Gasteiger partial charge in [0.2, 0.25) is 18.6 Å². The zero-order chi connectivity index (χ0) is 22.1. The van der Waals surface area contributed by atoms with Crippen molar-refractivity contribution in [2.45, 2.75) is 19.0 Å². The van der Waals surface area contributed by atoms with Gasteiger partial charge in [0.1, 0.15) is 6.04 Å². The molecule has 2 aliphatic heterocycles. The summed E-state index contributed by atoms with van der Waals surface area (Å²) in [5, 5.41) is 13.5. The van der Waals surface area contributed by atoms with E-state index in [0.29, 0.717) is 24.6 Å². The first-order chi connectivity index (χ1) is 15.6. The van der Waals surface area contributed by atoms with E-state index in [1.165, 1.54) is 17.0 Å². The molecule has 1 atom stereocenters. The van der Waals surface area contributed by atoms with E-state index in [1.807, 2.05) is 18.2 Å². The van der Waals surface area contributed by atoms with Crippen molar-refractivity contribution in [2.75, 3.05) is 19.9 Å². The van der Waals surface area contributed by atoms with Gasteiger partial charge in [-0.25, -0.2) is 0 Å². The Kier molecular flexibility index (Phi) is 5.28. The standard InChI is InChI=1S/C24H23N3O5/c28-13-20(26-23(29)8-6-15-5-7-21-22(11-15)32-14-31-21)24(30)27-10-9-17-16-3-1-2-4-18(16)25-19(17)12-27/h1-8,11,20,25,28H,9-10,12-14H2,(H,26,29)/t20-/m0/s1. The average molecular weight is 433 g/mol. The van der Waals surface area contributed by atoms with Crippen LogP contribution in [0.1, 0.15) is 16.8 Å². The number of hydrogen-bond acceptors (Lipinski definition) is 5. The van der Waals surface area contributed by atoms with Gasteiger partial charge in [0, 0.05) is 29.2 Å². The van der Waals surface area contributed by atoms with Crippen LogP contribution in [-0.2, 0) is 22.6 Å². The molecule has 8 nitrogen and oxygen atoms in total. The summed E-state index contributed by atoms with van der Waals surface area (Å²) in [6.45, 7) is 0.660. The number of aliphatic hydroxyl groups is 1. The zero-order valence-corrected chi connectivity index (χ0v) is 17.3. The molecule has 0 saturated heterocycles. The first kappa shape index (κ1) is 20.1. The van der Waals surface area contributed by atoms with E-state index in [2.05, 4.69) is 16.4 Å². The number of ether oxygens (including phenoxy) is 2. The van der Waals surface area contributed by atoms with Crippen molar-refractivity contribution in [2.24, 2.45) is 0 Å². The summed E-state index contributed by atoms with van der Waals surface area (Å²) in [5.74, 6) is 0.523. The Bertz CT molecular complexity index is 1220. The fraction of sp³-hybridized carbons (Fsp3) is 0.250. The topological polar surface area (TPSA) is 104 Å². The lowest BCUT2D eigenvalue weighted by molar-refractivity contribution is -0.137. The second-order valence-corrected chi connectivity index (χ2v) is 7.83. The molecule has 0 bridgehead atoms. The van der Waals surface area contributed by atoms with Gasteiger partial charge in [0.05, 0.1) is 13.2 Å². The van der Waals surface area contributed by atoms with E-state index in [9.17, 15) is 14.7 Å². The van der Waals surface area contributed by atoms with Gasteiger partial charge in [-0.3, -0.25) is 9.59 Å². The number of nitrogens with one attached hydrogen (secondary N) is 2. The number of aliphatic hydroxyl groups excluding tert-OH is 1. The largest absolute Gasteiger partial charge is 0.454 e. The highest BCUT2D eigenvalue weighted by Crippen LogP contribution is 2.32. The molecule has 0 aliphatic carbocycles. The Balaban J connectivity index is 1.23. The van der Waals surface area contributed by atoms with E-state index in [4.69, 9.17) is 9.47 Å². The number of aromatic amines is 1. The maximum atomic E-state index is 13.0. The third-order valence-corrected chi connectivity index (χ3v) is 5.82. The highest BCUT2D eigenvalue weighted by atomic mass is 16.7. The van der Waals surface area contributed by atoms with Gasteiger partial charge in [-0.15, -0.1) is 0 Å². The van der Waals surface area contributed by atoms with Gasteiger partial charge in [0.15, 0.2) is 11.5 Å². The smallest absolute Gasteiger partial charge is 0.247 e. The normalized spacial score (nSPS) is 15.7. The highest BCUT2D eigenvalue weighted by molar-refractivity contribution is 5.96. The van der Waals surface area contributed by atoms with Crippen LogP contribution in [0.2, 0.25) is 0 Å². The van der Waals surface area contributed by atoms with Crippen molar-refractivity contribution < 1.29 is 24.2 Å². The van der Waals surface area contributed by atoms with Gasteiger partial charge in [-0.05, 0) is 41.8 Å². The average Bonchev–Trinajstić information content (AvgIpc) is 3.44. The van der Waals surface area contributed by atoms with Gasteiger partial charge in [-0.1, -0.05) is 24.3 Å². The maximum absolute atomic E-state index is 13.0. The molecule has 2 amide bonds. The van der Waals surface area contributed by atoms with Crippen LogP contribution in [-0.4, -0.2) is 52.8 Å². The van der Waals surface area contributed by atoms with Crippen LogP contribution in [0, 0.1) is 0 Å². The fourth-order valence-electron chi connectivity index (χ4n) is 4.20. The maximum Gasteiger partial charge on any atom is 0.247 e. The molecule has 0 saturated carbocycles. The Morgan fingerprint density at radius 3 is 2.91 bits per heavy atom. The molecule has 3 N–H and O–H groups in total. The van der Waals surface area contributed by atoms with E-state index >= 15 is 0 Å². The van der Waals surface area contributed by atoms with Crippen LogP contribution >= 0.6 is 0 Å². The molecule has 0 radical (unpaired) electrons. The molecule has 0 fully saturated rings. The van der Waals surface area contributed by atoms with E-state index in [-0.39, 0.29) is 12.7 Å². The molecular formula is C24H23N3O5. The number of rotatable bonds is 5. The lowest BCUT2D eigenvalue weighted by Crippen LogP contribution is -2.51. The lowest BCUT2D eigenvalue weighted by atomic mass is 10.0. The van der Waals surface area contributed by atoms with Gasteiger partial charge >= 0.3 is 0 Å². The number of amides is 2. The van der Waals surface area contributed by atoms with E-state index < -0.39 is 18.6 Å². The summed E-state index contributed by atoms with van der Waals surface area (Å²) in [7, 11) is 0. The van der Waals surface area contributed by atoms with Gasteiger partial charge < -0.3 is 29.8 Å². The summed E-state index contributed by atoms with van der Waals surface area (Å²) >= 11 is 0. The summed E-state index contributed by atoms with van der Waals surface area (Å²) in [4.78, 5) is 30.4. The predicted octanol–water partition coefficient (Wildman–Crippen LogP) is 1.97. The highest BCUT2D eigenvalue weighted by Gasteiger charge is 2.29. The molecule has 164 valence electrons. The molecule has 0 unspecified atom stereocenters. The Labute approximate surface area is 184 Å². The van der Waals surface area contributed by atoms with Crippen molar-refractivity contribution in [1.29, 1.82) is 0 Å². The number of H-pyrrole nitrogens is 1. The quantitative estimate of drug-likeness (QED) is 0.534. The summed E-state index contributed by atoms with van der Waals surface area (Å²) in [6.07, 6.45) is 3.68. The first-order valence-electron chi connectivity index (χ1n) is 10.5. The summed E-state index contributed by atoms with van der Waals surface area (Å²) in [5.41, 5.74) is 4.03. The third kappa shape index (κ3) is 3.80. The second kappa shape index (κ2) is 8.39. The van der Waals surface area contributed by atoms with E-state index in [1.54, 1.807) is 29.2 Å². The number of benzene rings is 2. The van der Waals surface area contributed by atoms with Crippen LogP contribution in [0.25, 0.3) is 17.0 Å². The Morgan fingerprint density at radius 2 is 2.03 bits per heavy atom. The number of carbonyl (C=O) groups excluding carboxylic acids is 2. The number of nitrogens with zero attached hydrogens (tertiary/aromatic N) is 1. The minimum absolute atomic E-state index is 0.180. The molecule has 5 rings (SSSR count). The van der Waals surface area contributed by atoms with Gasteiger partial charge in [-0.2, -0.15) is 0 Å². The fourth-order valence-corrected chi connectivity index (χ4v) is 4.20. The van der Waals surface area contributed by atoms with E-state index in [0.717, 1.165) is 23.2 Å². The van der Waals surface area contributed by atoms with Crippen molar-refractivity contribution in [1.82, 2.24) is 15.2 Å². The molecule has 2 aliphatic rings. The lowest BCUT2D eigenvalue weighted by Gasteiger charge is -2.30. The Hall–Kier alpha value is -3.78. The molecule has 3 aromatic rings. The van der Waals surface area contributed by atoms with Gasteiger partial charge in [0.25, 0.3) is 0 Å². The molecule has 3 heterocycles. The van der Waals surface area contributed by atoms with Crippen molar-refractivity contribution in [3.63, 3.8) is 0 Å². The van der Waals surface area contributed by atoms with Crippen molar-refractivity contribution >= 4 is 28.8 Å². The number of aromatic nitrogens is 1. The monoisotopic (exact) mass is 433 g/mol. The molecule has 32 heavy (non-hydrogen) atoms. The summed E-state index contributed by atoms with van der Waals surface area (Å²) < 4.78 is 10.6. The molecule has 1 aromatic heterocycles. The number of carbonyl (C=O) groups is 2. The zero-order valence-electron chi connectivity index (χ0n) is 17.3. The predicted molar refractivity (Wildman–Crippen MR) is 118 cm³/mol. The minimum atomic E-state index is -1.00. The Morgan fingerprint density at radius 1 is 1.19 bits per heavy atom. The number of para-hydroxylation sites is 1. The van der Waals surface area contributed by atoms with Crippen LogP contribution in [0.3, 0.4) is 0 Å². The van der Waals surface area contributed by atoms with Crippen LogP contribution < -0.4 is 14.8 Å². The van der Waals surface area contributed by atoms with Crippen molar-refractivity contribution in [3.8, 4) is 11.5 Å². The minimum Gasteiger partial charge on any atom is -0.454 e. The first-order valence-corrected chi connectivity index (χ1v) is 10.5. The van der Waals surface area contributed by atoms with Crippen LogP contribution in [0.4, 0.5) is 0 Å². The molecular weight excluding hydrogens is 410 g/mol. The molecule has 2 aromatic carbocycles. The number of fused-ring (bicyclic) bond motifs is 4. The third-order valence-electron chi connectivity index (χ3n) is 5.82. The van der Waals surface area contributed by atoms with Crippen molar-refractivity contribution in [3.05, 3.63) is 65.4 Å². The second-order valence-electron chi connectivity index (χ2n) is 7.83. The van der Waals surface area contributed by atoms with Crippen LogP contribution in [0.5, 0.6) is 11.5 Å².